The number of nitrogens with zero attached hydrogens (tertiary/aromatic N) is 1. The largest absolute Gasteiger partial charge is 0.481 e. The minimum Gasteiger partial charge on any atom is -0.481 e. The van der Waals surface area contributed by atoms with Gasteiger partial charge in [0.25, 0.3) is 0 Å². The highest BCUT2D eigenvalue weighted by atomic mass is 16.5. The molecule has 1 saturated heterocycles. The molecular formula is C14H26N2O4. The first-order valence-corrected chi connectivity index (χ1v) is 7.30. The lowest BCUT2D eigenvalue weighted by molar-refractivity contribution is -0.138. The zero-order chi connectivity index (χ0) is 15.0. The van der Waals surface area contributed by atoms with Crippen molar-refractivity contribution in [1.82, 2.24) is 10.2 Å². The fourth-order valence-electron chi connectivity index (χ4n) is 2.57. The first-order chi connectivity index (χ1) is 9.56. The average Bonchev–Trinajstić information content (AvgIpc) is 2.43. The Kier molecular flexibility index (Phi) is 7.36. The zero-order valence-electron chi connectivity index (χ0n) is 12.4. The van der Waals surface area contributed by atoms with Gasteiger partial charge in [0.15, 0.2) is 0 Å². The second kappa shape index (κ2) is 8.79. The van der Waals surface area contributed by atoms with Gasteiger partial charge in [0.05, 0.1) is 6.61 Å². The molecule has 2 unspecified atom stereocenters. The van der Waals surface area contributed by atoms with Crippen molar-refractivity contribution in [3.63, 3.8) is 0 Å². The van der Waals surface area contributed by atoms with E-state index in [4.69, 9.17) is 9.84 Å². The number of urea groups is 1. The van der Waals surface area contributed by atoms with Gasteiger partial charge >= 0.3 is 12.0 Å². The highest BCUT2D eigenvalue weighted by Crippen LogP contribution is 2.16. The second-order valence-corrected chi connectivity index (χ2v) is 5.47. The van der Waals surface area contributed by atoms with Crippen LogP contribution in [0.5, 0.6) is 0 Å². The third-order valence-electron chi connectivity index (χ3n) is 3.79. The first-order valence-electron chi connectivity index (χ1n) is 7.30. The number of likely N-dealkylation sites (tertiary alicyclic amines) is 1. The number of ether oxygens (including phenoxy) is 1. The minimum atomic E-state index is -0.816. The van der Waals surface area contributed by atoms with Crippen LogP contribution in [-0.4, -0.2) is 55.4 Å². The van der Waals surface area contributed by atoms with Gasteiger partial charge in [0.2, 0.25) is 0 Å². The predicted molar refractivity (Wildman–Crippen MR) is 75.6 cm³/mol. The van der Waals surface area contributed by atoms with Crippen LogP contribution in [0.4, 0.5) is 4.79 Å². The standard InChI is InChI=1S/C14H26N2O4/c1-3-11(7-13(17)18)8-15-14(19)16-6-4-5-12(9-16)10-20-2/h11-12H,3-10H2,1-2H3,(H,15,19)(H,17,18). The van der Waals surface area contributed by atoms with E-state index in [2.05, 4.69) is 5.32 Å². The Morgan fingerprint density at radius 2 is 2.25 bits per heavy atom. The molecule has 0 aliphatic carbocycles. The average molecular weight is 286 g/mol. The first kappa shape index (κ1) is 16.8. The number of carbonyl (C=O) groups excluding carboxylic acids is 1. The van der Waals surface area contributed by atoms with Crippen molar-refractivity contribution >= 4 is 12.0 Å². The molecule has 0 radical (unpaired) electrons. The number of nitrogens with one attached hydrogen (secondary N) is 1. The molecule has 1 rings (SSSR count). The van der Waals surface area contributed by atoms with E-state index in [-0.39, 0.29) is 18.4 Å². The monoisotopic (exact) mass is 286 g/mol. The molecule has 2 N–H and O–H groups in total. The Labute approximate surface area is 120 Å². The Morgan fingerprint density at radius 3 is 2.85 bits per heavy atom. The molecule has 0 saturated carbocycles. The molecule has 0 aromatic carbocycles. The Balaban J connectivity index is 2.35. The van der Waals surface area contributed by atoms with Gasteiger partial charge in [-0.25, -0.2) is 4.79 Å². The number of aliphatic carboxylic acids is 1. The van der Waals surface area contributed by atoms with Gasteiger partial charge in [-0.2, -0.15) is 0 Å². The summed E-state index contributed by atoms with van der Waals surface area (Å²) in [7, 11) is 1.68. The summed E-state index contributed by atoms with van der Waals surface area (Å²) in [4.78, 5) is 24.6. The van der Waals surface area contributed by atoms with Crippen molar-refractivity contribution < 1.29 is 19.4 Å². The summed E-state index contributed by atoms with van der Waals surface area (Å²) in [6.45, 7) is 4.53. The number of piperidine rings is 1. The lowest BCUT2D eigenvalue weighted by atomic mass is 9.99. The Hall–Kier alpha value is -1.30. The van der Waals surface area contributed by atoms with Crippen LogP contribution in [0.25, 0.3) is 0 Å². The molecular weight excluding hydrogens is 260 g/mol. The van der Waals surface area contributed by atoms with Crippen molar-refractivity contribution in [3.05, 3.63) is 0 Å². The molecule has 0 aromatic rings. The van der Waals surface area contributed by atoms with E-state index in [1.807, 2.05) is 6.92 Å². The van der Waals surface area contributed by atoms with Crippen LogP contribution in [-0.2, 0) is 9.53 Å². The molecule has 1 heterocycles. The maximum absolute atomic E-state index is 12.1. The molecule has 6 nitrogen and oxygen atoms in total. The number of carboxylic acid groups (broad SMARTS) is 1. The summed E-state index contributed by atoms with van der Waals surface area (Å²) in [5.74, 6) is -0.416. The maximum atomic E-state index is 12.1. The van der Waals surface area contributed by atoms with Crippen LogP contribution in [0.15, 0.2) is 0 Å². The van der Waals surface area contributed by atoms with E-state index in [0.717, 1.165) is 32.4 Å². The summed E-state index contributed by atoms with van der Waals surface area (Å²) in [6.07, 6.45) is 2.93. The highest BCUT2D eigenvalue weighted by molar-refractivity contribution is 5.74. The van der Waals surface area contributed by atoms with Crippen molar-refractivity contribution in [1.29, 1.82) is 0 Å². The van der Waals surface area contributed by atoms with Gasteiger partial charge < -0.3 is 20.1 Å². The number of hydrogen-bond donors (Lipinski definition) is 2. The topological polar surface area (TPSA) is 78.9 Å². The van der Waals surface area contributed by atoms with E-state index in [0.29, 0.717) is 19.1 Å². The molecule has 1 fully saturated rings. The molecule has 20 heavy (non-hydrogen) atoms. The molecule has 6 heteroatoms. The predicted octanol–water partition coefficient (Wildman–Crippen LogP) is 1.56. The van der Waals surface area contributed by atoms with Crippen molar-refractivity contribution in [2.24, 2.45) is 11.8 Å². The van der Waals surface area contributed by atoms with E-state index >= 15 is 0 Å². The fraction of sp³-hybridized carbons (Fsp3) is 0.857. The molecule has 0 aromatic heterocycles. The van der Waals surface area contributed by atoms with Crippen LogP contribution in [0, 0.1) is 11.8 Å². The minimum absolute atomic E-state index is 0.00369. The van der Waals surface area contributed by atoms with E-state index in [9.17, 15) is 9.59 Å². The summed E-state index contributed by atoms with van der Waals surface area (Å²) in [5, 5.41) is 11.6. The smallest absolute Gasteiger partial charge is 0.317 e. The van der Waals surface area contributed by atoms with Gasteiger partial charge in [-0.1, -0.05) is 13.3 Å². The lowest BCUT2D eigenvalue weighted by Crippen LogP contribution is -2.47. The number of hydrogen-bond acceptors (Lipinski definition) is 3. The Bertz CT molecular complexity index is 320. The van der Waals surface area contributed by atoms with Crippen molar-refractivity contribution in [3.8, 4) is 0 Å². The lowest BCUT2D eigenvalue weighted by Gasteiger charge is -2.32. The maximum Gasteiger partial charge on any atom is 0.317 e. The molecule has 0 bridgehead atoms. The SMILES string of the molecule is CCC(CNC(=O)N1CCCC(COC)C1)CC(=O)O. The fourth-order valence-corrected chi connectivity index (χ4v) is 2.57. The molecule has 2 atom stereocenters. The third-order valence-corrected chi connectivity index (χ3v) is 3.79. The molecule has 2 amide bonds. The highest BCUT2D eigenvalue weighted by Gasteiger charge is 2.24. The molecule has 1 aliphatic heterocycles. The number of amides is 2. The summed E-state index contributed by atoms with van der Waals surface area (Å²) < 4.78 is 5.15. The normalized spacial score (nSPS) is 20.5. The van der Waals surface area contributed by atoms with Crippen LogP contribution >= 0.6 is 0 Å². The van der Waals surface area contributed by atoms with Crippen molar-refractivity contribution in [2.75, 3.05) is 33.4 Å². The number of carboxylic acids is 1. The van der Waals surface area contributed by atoms with E-state index < -0.39 is 5.97 Å². The van der Waals surface area contributed by atoms with Gasteiger partial charge in [0.1, 0.15) is 0 Å². The molecule has 0 spiro atoms. The van der Waals surface area contributed by atoms with Gasteiger partial charge in [-0.05, 0) is 18.8 Å². The van der Waals surface area contributed by atoms with Crippen LogP contribution in [0.2, 0.25) is 0 Å². The number of carbonyl (C=O) groups is 2. The molecule has 116 valence electrons. The third kappa shape index (κ3) is 5.77. The van der Waals surface area contributed by atoms with Gasteiger partial charge in [-0.15, -0.1) is 0 Å². The second-order valence-electron chi connectivity index (χ2n) is 5.47. The van der Waals surface area contributed by atoms with Gasteiger partial charge in [0, 0.05) is 39.1 Å². The summed E-state index contributed by atoms with van der Waals surface area (Å²) >= 11 is 0. The number of rotatable bonds is 7. The van der Waals surface area contributed by atoms with Crippen molar-refractivity contribution in [2.45, 2.75) is 32.6 Å². The van der Waals surface area contributed by atoms with Gasteiger partial charge in [-0.3, -0.25) is 4.79 Å². The van der Waals surface area contributed by atoms with E-state index in [1.165, 1.54) is 0 Å². The summed E-state index contributed by atoms with van der Waals surface area (Å²) in [6, 6.07) is -0.0883. The van der Waals surface area contributed by atoms with Crippen LogP contribution < -0.4 is 5.32 Å². The van der Waals surface area contributed by atoms with Crippen LogP contribution in [0.1, 0.15) is 32.6 Å². The van der Waals surface area contributed by atoms with Crippen LogP contribution in [0.3, 0.4) is 0 Å². The summed E-state index contributed by atoms with van der Waals surface area (Å²) in [5.41, 5.74) is 0. The number of methoxy groups -OCH3 is 1. The quantitative estimate of drug-likeness (QED) is 0.744. The Morgan fingerprint density at radius 1 is 1.50 bits per heavy atom. The molecule has 1 aliphatic rings. The zero-order valence-corrected chi connectivity index (χ0v) is 12.4. The van der Waals surface area contributed by atoms with E-state index in [1.54, 1.807) is 12.0 Å².